The van der Waals surface area contributed by atoms with E-state index in [9.17, 15) is 14.7 Å². The third kappa shape index (κ3) is 3.86. The lowest BCUT2D eigenvalue weighted by molar-refractivity contribution is -0.129. The minimum atomic E-state index is -0.695. The topological polar surface area (TPSA) is 110 Å². The Morgan fingerprint density at radius 2 is 2.21 bits per heavy atom. The van der Waals surface area contributed by atoms with Gasteiger partial charge < -0.3 is 20.2 Å². The molecule has 150 valence electrons. The van der Waals surface area contributed by atoms with Crippen LogP contribution in [0.3, 0.4) is 0 Å². The van der Waals surface area contributed by atoms with Gasteiger partial charge in [0.1, 0.15) is 6.04 Å². The second-order valence-electron chi connectivity index (χ2n) is 7.60. The van der Waals surface area contributed by atoms with Crippen LogP contribution in [0.1, 0.15) is 17.3 Å². The van der Waals surface area contributed by atoms with Crippen LogP contribution in [-0.2, 0) is 4.79 Å². The van der Waals surface area contributed by atoms with Gasteiger partial charge in [-0.2, -0.15) is 5.26 Å². The zero-order valence-electron chi connectivity index (χ0n) is 16.0. The number of anilines is 1. The first-order chi connectivity index (χ1) is 13.9. The van der Waals surface area contributed by atoms with Crippen molar-refractivity contribution in [1.82, 2.24) is 15.2 Å². The molecular formula is C20H21N5O3S. The standard InChI is InChI=1S/C20H21N5O3S/c1-20(28)10-24(11-20)13-2-3-17-16(6-13)15(4-5-22-17)19(27)23-8-18(26)25-12-29-9-14(25)7-21/h2-6,14,28H,8-12H2,1H3,(H,23,27). The summed E-state index contributed by atoms with van der Waals surface area (Å²) in [5, 5.41) is 22.5. The van der Waals surface area contributed by atoms with Crippen LogP contribution in [-0.4, -0.2) is 69.7 Å². The van der Waals surface area contributed by atoms with E-state index in [1.165, 1.54) is 16.7 Å². The summed E-state index contributed by atoms with van der Waals surface area (Å²) in [6, 6.07) is 8.95. The van der Waals surface area contributed by atoms with Crippen LogP contribution >= 0.6 is 11.8 Å². The highest BCUT2D eigenvalue weighted by Gasteiger charge is 2.36. The quantitative estimate of drug-likeness (QED) is 0.771. The third-order valence-corrected chi connectivity index (χ3v) is 6.16. The fraction of sp³-hybridized carbons (Fsp3) is 0.400. The zero-order valence-corrected chi connectivity index (χ0v) is 16.8. The lowest BCUT2D eigenvalue weighted by atomic mass is 9.95. The molecule has 9 heteroatoms. The molecule has 0 radical (unpaired) electrons. The molecule has 2 fully saturated rings. The number of aliphatic hydroxyl groups is 1. The number of thioether (sulfide) groups is 1. The molecule has 2 aliphatic heterocycles. The predicted octanol–water partition coefficient (Wildman–Crippen LogP) is 0.961. The van der Waals surface area contributed by atoms with E-state index in [0.29, 0.717) is 41.2 Å². The highest BCUT2D eigenvalue weighted by Crippen LogP contribution is 2.30. The summed E-state index contributed by atoms with van der Waals surface area (Å²) >= 11 is 1.53. The molecule has 0 aliphatic carbocycles. The van der Waals surface area contributed by atoms with Crippen LogP contribution in [0.25, 0.3) is 10.9 Å². The van der Waals surface area contributed by atoms with E-state index in [0.717, 1.165) is 5.69 Å². The highest BCUT2D eigenvalue weighted by molar-refractivity contribution is 7.99. The molecule has 29 heavy (non-hydrogen) atoms. The van der Waals surface area contributed by atoms with Crippen molar-refractivity contribution in [2.45, 2.75) is 18.6 Å². The van der Waals surface area contributed by atoms with Crippen LogP contribution in [0.2, 0.25) is 0 Å². The van der Waals surface area contributed by atoms with Crippen molar-refractivity contribution < 1.29 is 14.7 Å². The summed E-state index contributed by atoms with van der Waals surface area (Å²) < 4.78 is 0. The van der Waals surface area contributed by atoms with E-state index in [4.69, 9.17) is 5.26 Å². The normalized spacial score (nSPS) is 20.2. The Kier molecular flexibility index (Phi) is 5.06. The second kappa shape index (κ2) is 7.54. The maximum Gasteiger partial charge on any atom is 0.252 e. The zero-order chi connectivity index (χ0) is 20.6. The van der Waals surface area contributed by atoms with Crippen LogP contribution in [0.15, 0.2) is 30.5 Å². The number of fused-ring (bicyclic) bond motifs is 1. The van der Waals surface area contributed by atoms with Crippen molar-refractivity contribution in [3.8, 4) is 6.07 Å². The Bertz CT molecular complexity index is 1010. The average molecular weight is 411 g/mol. The molecule has 0 bridgehead atoms. The van der Waals surface area contributed by atoms with Crippen LogP contribution < -0.4 is 10.2 Å². The summed E-state index contributed by atoms with van der Waals surface area (Å²) in [5.41, 5.74) is 1.33. The number of benzene rings is 1. The minimum Gasteiger partial charge on any atom is -0.386 e. The number of hydrogen-bond donors (Lipinski definition) is 2. The maximum absolute atomic E-state index is 12.8. The first-order valence-corrected chi connectivity index (χ1v) is 10.4. The predicted molar refractivity (Wildman–Crippen MR) is 110 cm³/mol. The molecule has 0 spiro atoms. The summed E-state index contributed by atoms with van der Waals surface area (Å²) in [6.45, 7) is 2.69. The molecule has 2 saturated heterocycles. The molecule has 0 saturated carbocycles. The minimum absolute atomic E-state index is 0.157. The van der Waals surface area contributed by atoms with Crippen molar-refractivity contribution >= 4 is 40.2 Å². The molecular weight excluding hydrogens is 390 g/mol. The maximum atomic E-state index is 12.8. The van der Waals surface area contributed by atoms with E-state index in [1.807, 2.05) is 23.1 Å². The summed E-state index contributed by atoms with van der Waals surface area (Å²) in [6.07, 6.45) is 1.57. The van der Waals surface area contributed by atoms with Gasteiger partial charge in [-0.25, -0.2) is 0 Å². The number of nitrogens with one attached hydrogen (secondary N) is 1. The SMILES string of the molecule is CC1(O)CN(c2ccc3nccc(C(=O)NCC(=O)N4CSCC4C#N)c3c2)C1. The van der Waals surface area contributed by atoms with Gasteiger partial charge in [0.25, 0.3) is 5.91 Å². The molecule has 2 aliphatic rings. The number of nitrogens with zero attached hydrogens (tertiary/aromatic N) is 4. The molecule has 2 N–H and O–H groups in total. The number of hydrogen-bond acceptors (Lipinski definition) is 7. The van der Waals surface area contributed by atoms with Crippen molar-refractivity contribution in [2.24, 2.45) is 0 Å². The number of pyridine rings is 1. The monoisotopic (exact) mass is 411 g/mol. The van der Waals surface area contributed by atoms with Gasteiger partial charge in [0, 0.05) is 36.1 Å². The smallest absolute Gasteiger partial charge is 0.252 e. The molecule has 3 heterocycles. The first kappa shape index (κ1) is 19.5. The van der Waals surface area contributed by atoms with Crippen LogP contribution in [0.4, 0.5) is 5.69 Å². The summed E-state index contributed by atoms with van der Waals surface area (Å²) in [7, 11) is 0. The highest BCUT2D eigenvalue weighted by atomic mass is 32.2. The van der Waals surface area contributed by atoms with Gasteiger partial charge in [-0.1, -0.05) is 0 Å². The Morgan fingerprint density at radius 3 is 2.93 bits per heavy atom. The molecule has 4 rings (SSSR count). The molecule has 2 amide bonds. The number of nitriles is 1. The van der Waals surface area contributed by atoms with Gasteiger partial charge in [0.15, 0.2) is 0 Å². The Hall–Kier alpha value is -2.83. The molecule has 1 aromatic heterocycles. The molecule has 1 unspecified atom stereocenters. The van der Waals surface area contributed by atoms with Crippen LogP contribution in [0.5, 0.6) is 0 Å². The van der Waals surface area contributed by atoms with Gasteiger partial charge in [0.2, 0.25) is 5.91 Å². The Labute approximate surface area is 172 Å². The lowest BCUT2D eigenvalue weighted by Gasteiger charge is -2.45. The van der Waals surface area contributed by atoms with E-state index < -0.39 is 11.6 Å². The number of aromatic nitrogens is 1. The van der Waals surface area contributed by atoms with Crippen molar-refractivity contribution in [3.05, 3.63) is 36.0 Å². The average Bonchev–Trinajstić information content (AvgIpc) is 3.18. The number of amides is 2. The summed E-state index contributed by atoms with van der Waals surface area (Å²) in [5.74, 6) is 0.432. The third-order valence-electron chi connectivity index (χ3n) is 5.15. The van der Waals surface area contributed by atoms with Gasteiger partial charge in [0.05, 0.1) is 35.2 Å². The first-order valence-electron chi connectivity index (χ1n) is 9.29. The lowest BCUT2D eigenvalue weighted by Crippen LogP contribution is -2.60. The van der Waals surface area contributed by atoms with E-state index >= 15 is 0 Å². The van der Waals surface area contributed by atoms with Crippen molar-refractivity contribution in [1.29, 1.82) is 5.26 Å². The van der Waals surface area contributed by atoms with Gasteiger partial charge in [-0.3, -0.25) is 14.6 Å². The number of β-amino-alcohol motifs (C(OH)–C–C–N with tert-alkyl or cyclic N) is 1. The molecule has 1 atom stereocenters. The molecule has 2 aromatic rings. The fourth-order valence-electron chi connectivity index (χ4n) is 3.64. The summed E-state index contributed by atoms with van der Waals surface area (Å²) in [4.78, 5) is 33.0. The van der Waals surface area contributed by atoms with Crippen molar-refractivity contribution in [3.63, 3.8) is 0 Å². The number of rotatable bonds is 4. The van der Waals surface area contributed by atoms with Gasteiger partial charge in [-0.15, -0.1) is 11.8 Å². The van der Waals surface area contributed by atoms with Gasteiger partial charge >= 0.3 is 0 Å². The number of carbonyl (C=O) groups excluding carboxylic acids is 2. The van der Waals surface area contributed by atoms with Crippen LogP contribution in [0, 0.1) is 11.3 Å². The van der Waals surface area contributed by atoms with E-state index in [1.54, 1.807) is 19.2 Å². The van der Waals surface area contributed by atoms with Gasteiger partial charge in [-0.05, 0) is 31.2 Å². The Balaban J connectivity index is 1.50. The molecule has 1 aromatic carbocycles. The van der Waals surface area contributed by atoms with E-state index in [-0.39, 0.29) is 18.4 Å². The largest absolute Gasteiger partial charge is 0.386 e. The number of carbonyl (C=O) groups is 2. The molecule has 8 nitrogen and oxygen atoms in total. The second-order valence-corrected chi connectivity index (χ2v) is 8.60. The fourth-order valence-corrected chi connectivity index (χ4v) is 4.74. The Morgan fingerprint density at radius 1 is 1.41 bits per heavy atom. The van der Waals surface area contributed by atoms with Crippen molar-refractivity contribution in [2.75, 3.05) is 36.2 Å². The van der Waals surface area contributed by atoms with E-state index in [2.05, 4.69) is 16.4 Å².